The molecule has 3 aromatic rings. The molecule has 7 heteroatoms. The molecule has 0 aliphatic heterocycles. The summed E-state index contributed by atoms with van der Waals surface area (Å²) in [5, 5.41) is 14.5. The Kier molecular flexibility index (Phi) is 5.01. The largest absolute Gasteiger partial charge is 0.478 e. The van der Waals surface area contributed by atoms with Crippen LogP contribution in [0, 0.1) is 6.92 Å². The second-order valence-electron chi connectivity index (χ2n) is 5.42. The summed E-state index contributed by atoms with van der Waals surface area (Å²) in [6.07, 6.45) is 0.778. The van der Waals surface area contributed by atoms with E-state index < -0.39 is 5.97 Å². The minimum atomic E-state index is -1.05. The highest BCUT2D eigenvalue weighted by atomic mass is 35.5. The van der Waals surface area contributed by atoms with E-state index in [1.165, 1.54) is 6.07 Å². The van der Waals surface area contributed by atoms with Crippen molar-refractivity contribution in [3.05, 3.63) is 57.6 Å². The SMILES string of the molecule is CCc1c(C)nc(-c2cccs2)nc1Nc1ccc(C(=O)O)c(Cl)c1. The topological polar surface area (TPSA) is 75.1 Å². The number of nitrogens with one attached hydrogen (secondary N) is 1. The van der Waals surface area contributed by atoms with Crippen LogP contribution >= 0.6 is 22.9 Å². The summed E-state index contributed by atoms with van der Waals surface area (Å²) in [4.78, 5) is 21.3. The first kappa shape index (κ1) is 17.4. The first-order chi connectivity index (χ1) is 12.0. The summed E-state index contributed by atoms with van der Waals surface area (Å²) in [6, 6.07) is 8.69. The Balaban J connectivity index is 2.01. The van der Waals surface area contributed by atoms with Crippen LogP contribution in [0.2, 0.25) is 5.02 Å². The van der Waals surface area contributed by atoms with Gasteiger partial charge in [0.15, 0.2) is 5.82 Å². The molecule has 0 radical (unpaired) electrons. The zero-order chi connectivity index (χ0) is 18.0. The van der Waals surface area contributed by atoms with Crippen molar-refractivity contribution in [3.8, 4) is 10.7 Å². The molecule has 0 spiro atoms. The third-order valence-corrected chi connectivity index (χ3v) is 4.95. The Morgan fingerprint density at radius 1 is 1.32 bits per heavy atom. The van der Waals surface area contributed by atoms with Gasteiger partial charge in [0.25, 0.3) is 0 Å². The standard InChI is InChI=1S/C18H16ClN3O2S/c1-3-12-10(2)20-17(15-5-4-8-25-15)22-16(12)21-11-6-7-13(18(23)24)14(19)9-11/h4-9H,3H2,1-2H3,(H,23,24)(H,20,21,22). The first-order valence-electron chi connectivity index (χ1n) is 7.71. The highest BCUT2D eigenvalue weighted by molar-refractivity contribution is 7.13. The molecule has 128 valence electrons. The van der Waals surface area contributed by atoms with Gasteiger partial charge in [-0.25, -0.2) is 14.8 Å². The zero-order valence-corrected chi connectivity index (χ0v) is 15.3. The third kappa shape index (κ3) is 3.65. The van der Waals surface area contributed by atoms with Gasteiger partial charge in [-0.1, -0.05) is 24.6 Å². The van der Waals surface area contributed by atoms with Crippen LogP contribution < -0.4 is 5.32 Å². The summed E-state index contributed by atoms with van der Waals surface area (Å²) >= 11 is 7.64. The van der Waals surface area contributed by atoms with Gasteiger partial charge in [-0.05, 0) is 43.0 Å². The normalized spacial score (nSPS) is 10.7. The van der Waals surface area contributed by atoms with Crippen LogP contribution in [0.3, 0.4) is 0 Å². The molecule has 0 aliphatic rings. The minimum Gasteiger partial charge on any atom is -0.478 e. The quantitative estimate of drug-likeness (QED) is 0.645. The van der Waals surface area contributed by atoms with Crippen LogP contribution in [0.1, 0.15) is 28.5 Å². The van der Waals surface area contributed by atoms with Gasteiger partial charge in [-0.2, -0.15) is 0 Å². The van der Waals surface area contributed by atoms with Crippen molar-refractivity contribution >= 4 is 40.4 Å². The fourth-order valence-electron chi connectivity index (χ4n) is 2.54. The van der Waals surface area contributed by atoms with E-state index in [0.29, 0.717) is 17.3 Å². The molecule has 2 N–H and O–H groups in total. The molecule has 0 saturated carbocycles. The van der Waals surface area contributed by atoms with Gasteiger partial charge in [0.1, 0.15) is 5.82 Å². The lowest BCUT2D eigenvalue weighted by atomic mass is 10.1. The Labute approximate surface area is 154 Å². The van der Waals surface area contributed by atoms with Crippen LogP contribution in [0.5, 0.6) is 0 Å². The Morgan fingerprint density at radius 3 is 2.72 bits per heavy atom. The van der Waals surface area contributed by atoms with E-state index in [1.807, 2.05) is 31.4 Å². The number of benzene rings is 1. The summed E-state index contributed by atoms with van der Waals surface area (Å²) in [7, 11) is 0. The lowest BCUT2D eigenvalue weighted by Crippen LogP contribution is -2.05. The monoisotopic (exact) mass is 373 g/mol. The van der Waals surface area contributed by atoms with E-state index >= 15 is 0 Å². The van der Waals surface area contributed by atoms with Crippen molar-refractivity contribution in [1.82, 2.24) is 9.97 Å². The van der Waals surface area contributed by atoms with Crippen LogP contribution in [0.15, 0.2) is 35.7 Å². The number of carboxylic acid groups (broad SMARTS) is 1. The van der Waals surface area contributed by atoms with Crippen LogP contribution in [0.4, 0.5) is 11.5 Å². The molecule has 2 aromatic heterocycles. The van der Waals surface area contributed by atoms with Gasteiger partial charge in [0, 0.05) is 16.9 Å². The molecule has 5 nitrogen and oxygen atoms in total. The molecule has 0 amide bonds. The second-order valence-corrected chi connectivity index (χ2v) is 6.77. The van der Waals surface area contributed by atoms with Crippen molar-refractivity contribution in [2.24, 2.45) is 0 Å². The molecule has 25 heavy (non-hydrogen) atoms. The second kappa shape index (κ2) is 7.21. The number of thiophene rings is 1. The van der Waals surface area contributed by atoms with Gasteiger partial charge in [-0.15, -0.1) is 11.3 Å². The predicted molar refractivity (Wildman–Crippen MR) is 101 cm³/mol. The molecule has 0 bridgehead atoms. The van der Waals surface area contributed by atoms with Crippen LogP contribution in [-0.2, 0) is 6.42 Å². The average Bonchev–Trinajstić information content (AvgIpc) is 3.08. The molecule has 1 aromatic carbocycles. The third-order valence-electron chi connectivity index (χ3n) is 3.77. The molecule has 2 heterocycles. The lowest BCUT2D eigenvalue weighted by molar-refractivity contribution is 0.0697. The maximum Gasteiger partial charge on any atom is 0.337 e. The van der Waals surface area contributed by atoms with Gasteiger partial charge in [-0.3, -0.25) is 0 Å². The number of hydrogen-bond acceptors (Lipinski definition) is 5. The summed E-state index contributed by atoms with van der Waals surface area (Å²) in [5.41, 5.74) is 2.68. The number of rotatable bonds is 5. The van der Waals surface area contributed by atoms with E-state index in [-0.39, 0.29) is 10.6 Å². The van der Waals surface area contributed by atoms with Crippen molar-refractivity contribution in [3.63, 3.8) is 0 Å². The van der Waals surface area contributed by atoms with Gasteiger partial charge >= 0.3 is 5.97 Å². The van der Waals surface area contributed by atoms with E-state index in [1.54, 1.807) is 23.5 Å². The van der Waals surface area contributed by atoms with Crippen molar-refractivity contribution < 1.29 is 9.90 Å². The maximum atomic E-state index is 11.1. The summed E-state index contributed by atoms with van der Waals surface area (Å²) < 4.78 is 0. The molecule has 0 atom stereocenters. The molecular weight excluding hydrogens is 358 g/mol. The summed E-state index contributed by atoms with van der Waals surface area (Å²) in [6.45, 7) is 4.01. The van der Waals surface area contributed by atoms with E-state index in [4.69, 9.17) is 16.7 Å². The number of anilines is 2. The van der Waals surface area contributed by atoms with E-state index in [0.717, 1.165) is 22.6 Å². The number of aromatic carboxylic acids is 1. The van der Waals surface area contributed by atoms with Crippen LogP contribution in [-0.4, -0.2) is 21.0 Å². The number of nitrogens with zero attached hydrogens (tertiary/aromatic N) is 2. The van der Waals surface area contributed by atoms with E-state index in [9.17, 15) is 4.79 Å². The van der Waals surface area contributed by atoms with Crippen LogP contribution in [0.25, 0.3) is 10.7 Å². The van der Waals surface area contributed by atoms with Crippen molar-refractivity contribution in [2.75, 3.05) is 5.32 Å². The van der Waals surface area contributed by atoms with Gasteiger partial charge in [0.2, 0.25) is 0 Å². The Bertz CT molecular complexity index is 926. The van der Waals surface area contributed by atoms with Crippen molar-refractivity contribution in [1.29, 1.82) is 0 Å². The first-order valence-corrected chi connectivity index (χ1v) is 8.96. The fraction of sp³-hybridized carbons (Fsp3) is 0.167. The van der Waals surface area contributed by atoms with Crippen molar-refractivity contribution in [2.45, 2.75) is 20.3 Å². The average molecular weight is 374 g/mol. The zero-order valence-electron chi connectivity index (χ0n) is 13.7. The smallest absolute Gasteiger partial charge is 0.337 e. The van der Waals surface area contributed by atoms with Gasteiger partial charge < -0.3 is 10.4 Å². The molecule has 0 fully saturated rings. The molecule has 0 aliphatic carbocycles. The number of carbonyl (C=O) groups is 1. The molecule has 0 unspecified atom stereocenters. The number of aromatic nitrogens is 2. The lowest BCUT2D eigenvalue weighted by Gasteiger charge is -2.14. The maximum absolute atomic E-state index is 11.1. The number of carboxylic acids is 1. The summed E-state index contributed by atoms with van der Waals surface area (Å²) in [5.74, 6) is 0.321. The molecule has 3 rings (SSSR count). The number of aryl methyl sites for hydroxylation is 1. The molecular formula is C18H16ClN3O2S. The highest BCUT2D eigenvalue weighted by Gasteiger charge is 2.14. The number of halogens is 1. The highest BCUT2D eigenvalue weighted by Crippen LogP contribution is 2.29. The fourth-order valence-corrected chi connectivity index (χ4v) is 3.46. The Hall–Kier alpha value is -2.44. The Morgan fingerprint density at radius 2 is 2.12 bits per heavy atom. The molecule has 0 saturated heterocycles. The van der Waals surface area contributed by atoms with Gasteiger partial charge in [0.05, 0.1) is 15.5 Å². The minimum absolute atomic E-state index is 0.0704. The number of hydrogen-bond donors (Lipinski definition) is 2. The predicted octanol–water partition coefficient (Wildman–Crippen LogP) is 5.17. The van der Waals surface area contributed by atoms with E-state index in [2.05, 4.69) is 15.3 Å².